The molecule has 0 amide bonds. The fraction of sp³-hybridized carbons (Fsp3) is 0.471. The van der Waals surface area contributed by atoms with Crippen molar-refractivity contribution < 1.29 is 19.1 Å². The predicted octanol–water partition coefficient (Wildman–Crippen LogP) is 8.95. The molecule has 0 saturated heterocycles. The van der Waals surface area contributed by atoms with E-state index in [2.05, 4.69) is 32.6 Å². The predicted molar refractivity (Wildman–Crippen MR) is 168 cm³/mol. The minimum absolute atomic E-state index is 0.0684. The Balaban J connectivity index is 1.68. The summed E-state index contributed by atoms with van der Waals surface area (Å²) in [6, 6.07) is 10.7. The number of nitrogens with zero attached hydrogens (tertiary/aromatic N) is 1. The van der Waals surface area contributed by atoms with Crippen LogP contribution in [0.25, 0.3) is 0 Å². The maximum Gasteiger partial charge on any atom is 0.162 e. The molecule has 0 N–H and O–H groups in total. The molecule has 0 atom stereocenters. The molecule has 1 heterocycles. The van der Waals surface area contributed by atoms with Crippen molar-refractivity contribution in [1.82, 2.24) is 4.90 Å². The highest BCUT2D eigenvalue weighted by Gasteiger charge is 2.49. The molecule has 0 unspecified atom stereocenters. The van der Waals surface area contributed by atoms with Gasteiger partial charge in [-0.15, -0.1) is 0 Å². The van der Waals surface area contributed by atoms with Gasteiger partial charge in [-0.2, -0.15) is 0 Å². The third kappa shape index (κ3) is 6.31. The number of ether oxygens (including phenoxy) is 2. The lowest BCUT2D eigenvalue weighted by atomic mass is 9.63. The Kier molecular flexibility index (Phi) is 8.89. The number of ketones is 2. The van der Waals surface area contributed by atoms with Gasteiger partial charge in [-0.1, -0.05) is 68.6 Å². The zero-order valence-electron chi connectivity index (χ0n) is 24.9. The van der Waals surface area contributed by atoms with Crippen LogP contribution in [-0.4, -0.2) is 36.7 Å². The van der Waals surface area contributed by atoms with Crippen molar-refractivity contribution >= 4 is 46.4 Å². The molecule has 0 spiro atoms. The molecule has 8 heteroatoms. The second-order valence-electron chi connectivity index (χ2n) is 13.2. The van der Waals surface area contributed by atoms with Gasteiger partial charge < -0.3 is 14.4 Å². The number of benzene rings is 2. The van der Waals surface area contributed by atoms with Crippen LogP contribution in [0, 0.1) is 10.8 Å². The Morgan fingerprint density at radius 1 is 0.833 bits per heavy atom. The Morgan fingerprint density at radius 2 is 1.40 bits per heavy atom. The second-order valence-corrected chi connectivity index (χ2v) is 14.5. The molecule has 224 valence electrons. The monoisotopic (exact) mass is 629 g/mol. The van der Waals surface area contributed by atoms with Crippen molar-refractivity contribution in [3.8, 4) is 5.75 Å². The van der Waals surface area contributed by atoms with E-state index in [0.717, 1.165) is 41.8 Å². The highest BCUT2D eigenvalue weighted by atomic mass is 35.5. The van der Waals surface area contributed by atoms with E-state index < -0.39 is 5.92 Å². The summed E-state index contributed by atoms with van der Waals surface area (Å²) in [6.45, 7) is 10.0. The van der Waals surface area contributed by atoms with Gasteiger partial charge >= 0.3 is 0 Å². The second kappa shape index (κ2) is 12.0. The summed E-state index contributed by atoms with van der Waals surface area (Å²) in [5.41, 5.74) is 4.49. The van der Waals surface area contributed by atoms with Crippen LogP contribution in [0.4, 0.5) is 0 Å². The summed E-state index contributed by atoms with van der Waals surface area (Å²) in [6.07, 6.45) is 3.08. The van der Waals surface area contributed by atoms with Crippen molar-refractivity contribution in [1.29, 1.82) is 0 Å². The SMILES string of the molecule is COCCCN1C2=C(C(=O)CC(C)(C)C2)C(c2cc(Cl)ccc2OCc2ccc(Cl)cc2Cl)C2=C1CC(C)(C)CC2=O. The molecule has 0 aromatic heterocycles. The zero-order valence-corrected chi connectivity index (χ0v) is 27.2. The minimum Gasteiger partial charge on any atom is -0.489 e. The largest absolute Gasteiger partial charge is 0.489 e. The molecular weight excluding hydrogens is 593 g/mol. The van der Waals surface area contributed by atoms with Gasteiger partial charge in [0.05, 0.1) is 0 Å². The van der Waals surface area contributed by atoms with Gasteiger partial charge in [0.25, 0.3) is 0 Å². The van der Waals surface area contributed by atoms with Gasteiger partial charge in [0.2, 0.25) is 0 Å². The highest BCUT2D eigenvalue weighted by molar-refractivity contribution is 6.35. The van der Waals surface area contributed by atoms with Crippen molar-refractivity contribution in [2.45, 2.75) is 72.3 Å². The van der Waals surface area contributed by atoms with Crippen molar-refractivity contribution in [2.24, 2.45) is 10.8 Å². The molecule has 5 rings (SSSR count). The Morgan fingerprint density at radius 3 is 1.98 bits per heavy atom. The third-order valence-electron chi connectivity index (χ3n) is 8.43. The van der Waals surface area contributed by atoms with Gasteiger partial charge in [-0.25, -0.2) is 0 Å². The number of halogens is 3. The standard InChI is InChI=1S/C34H38Cl3NO4/c1-33(2)15-25-31(27(39)17-33)30(32-26(38(25)11-6-12-41-5)16-34(3,4)18-28(32)40)23-13-21(35)9-10-29(23)42-19-20-7-8-22(36)14-24(20)37/h7-10,13-14,30H,6,11-12,15-19H2,1-5H3. The molecule has 2 aliphatic carbocycles. The minimum atomic E-state index is -0.560. The molecule has 0 bridgehead atoms. The van der Waals surface area contributed by atoms with Crippen LogP contribution in [0.5, 0.6) is 5.75 Å². The number of allylic oxidation sites excluding steroid dienone is 4. The van der Waals surface area contributed by atoms with Crippen LogP contribution in [0.3, 0.4) is 0 Å². The zero-order chi connectivity index (χ0) is 30.4. The van der Waals surface area contributed by atoms with Crippen molar-refractivity contribution in [3.63, 3.8) is 0 Å². The van der Waals surface area contributed by atoms with E-state index in [1.54, 1.807) is 25.3 Å². The maximum atomic E-state index is 14.1. The van der Waals surface area contributed by atoms with Crippen LogP contribution < -0.4 is 4.74 Å². The topological polar surface area (TPSA) is 55.8 Å². The fourth-order valence-corrected chi connectivity index (χ4v) is 7.31. The normalized spacial score (nSPS) is 20.1. The number of carbonyl (C=O) groups excluding carboxylic acids is 2. The van der Waals surface area contributed by atoms with E-state index >= 15 is 0 Å². The molecule has 0 fully saturated rings. The van der Waals surface area contributed by atoms with E-state index in [0.29, 0.717) is 58.0 Å². The summed E-state index contributed by atoms with van der Waals surface area (Å²) < 4.78 is 11.8. The number of hydrogen-bond acceptors (Lipinski definition) is 5. The number of hydrogen-bond donors (Lipinski definition) is 0. The van der Waals surface area contributed by atoms with E-state index in [9.17, 15) is 9.59 Å². The summed E-state index contributed by atoms with van der Waals surface area (Å²) in [7, 11) is 1.69. The smallest absolute Gasteiger partial charge is 0.162 e. The summed E-state index contributed by atoms with van der Waals surface area (Å²) >= 11 is 19.2. The van der Waals surface area contributed by atoms with Crippen LogP contribution >= 0.6 is 34.8 Å². The van der Waals surface area contributed by atoms with Gasteiger partial charge in [0.1, 0.15) is 12.4 Å². The van der Waals surface area contributed by atoms with Crippen LogP contribution in [-0.2, 0) is 20.9 Å². The number of rotatable bonds is 8. The van der Waals surface area contributed by atoms with E-state index in [4.69, 9.17) is 44.3 Å². The lowest BCUT2D eigenvalue weighted by molar-refractivity contribution is -0.119. The van der Waals surface area contributed by atoms with Crippen molar-refractivity contribution in [3.05, 3.63) is 85.1 Å². The number of carbonyl (C=O) groups is 2. The lowest BCUT2D eigenvalue weighted by Crippen LogP contribution is -2.44. The molecule has 2 aromatic carbocycles. The summed E-state index contributed by atoms with van der Waals surface area (Å²) in [4.78, 5) is 30.5. The first-order chi connectivity index (χ1) is 19.8. The van der Waals surface area contributed by atoms with Crippen molar-refractivity contribution in [2.75, 3.05) is 20.3 Å². The molecule has 0 saturated carbocycles. The molecular formula is C34H38Cl3NO4. The molecule has 3 aliphatic rings. The van der Waals surface area contributed by atoms with Crippen LogP contribution in [0.1, 0.15) is 76.8 Å². The first kappa shape index (κ1) is 31.1. The molecule has 42 heavy (non-hydrogen) atoms. The van der Waals surface area contributed by atoms with E-state index in [-0.39, 0.29) is 29.0 Å². The van der Waals surface area contributed by atoms with Crippen LogP contribution in [0.15, 0.2) is 58.9 Å². The molecule has 2 aromatic rings. The summed E-state index contributed by atoms with van der Waals surface area (Å²) in [5, 5.41) is 1.57. The first-order valence-corrected chi connectivity index (χ1v) is 15.6. The Labute approximate surface area is 263 Å². The van der Waals surface area contributed by atoms with Gasteiger partial charge in [0.15, 0.2) is 11.6 Å². The maximum absolute atomic E-state index is 14.1. The van der Waals surface area contributed by atoms with Gasteiger partial charge in [-0.05, 0) is 60.4 Å². The highest BCUT2D eigenvalue weighted by Crippen LogP contribution is 2.55. The lowest BCUT2D eigenvalue weighted by Gasteiger charge is -2.49. The van der Waals surface area contributed by atoms with E-state index in [1.807, 2.05) is 18.2 Å². The van der Waals surface area contributed by atoms with Gasteiger partial charge in [0, 0.05) is 87.8 Å². The Hall–Kier alpha value is -2.31. The Bertz CT molecular complexity index is 1440. The summed E-state index contributed by atoms with van der Waals surface area (Å²) in [5.74, 6) is 0.144. The quantitative estimate of drug-likeness (QED) is 0.273. The van der Waals surface area contributed by atoms with E-state index in [1.165, 1.54) is 0 Å². The number of Topliss-reactive ketones (excluding diaryl/α,β-unsaturated/α-hetero) is 2. The first-order valence-electron chi connectivity index (χ1n) is 14.5. The third-order valence-corrected chi connectivity index (χ3v) is 9.26. The number of methoxy groups -OCH3 is 1. The molecule has 1 aliphatic heterocycles. The fourth-order valence-electron chi connectivity index (χ4n) is 6.67. The van der Waals surface area contributed by atoms with Crippen LogP contribution in [0.2, 0.25) is 15.1 Å². The molecule has 0 radical (unpaired) electrons. The average Bonchev–Trinajstić information content (AvgIpc) is 2.88. The van der Waals surface area contributed by atoms with Gasteiger partial charge in [-0.3, -0.25) is 9.59 Å². The average molecular weight is 631 g/mol. The molecule has 5 nitrogen and oxygen atoms in total.